The van der Waals surface area contributed by atoms with Crippen molar-refractivity contribution in [3.63, 3.8) is 0 Å². The molecule has 2 fully saturated rings. The molecule has 1 N–H and O–H groups in total. The van der Waals surface area contributed by atoms with Crippen LogP contribution in [0.4, 0.5) is 13.2 Å². The summed E-state index contributed by atoms with van der Waals surface area (Å²) in [5, 5.41) is 2.68. The van der Waals surface area contributed by atoms with Gasteiger partial charge in [-0.25, -0.2) is 0 Å². The molecule has 1 saturated carbocycles. The lowest BCUT2D eigenvalue weighted by Gasteiger charge is -2.55. The molecule has 0 radical (unpaired) electrons. The highest BCUT2D eigenvalue weighted by molar-refractivity contribution is 5.99. The van der Waals surface area contributed by atoms with Gasteiger partial charge in [0.05, 0.1) is 12.3 Å². The van der Waals surface area contributed by atoms with Gasteiger partial charge < -0.3 is 14.8 Å². The number of amides is 1. The van der Waals surface area contributed by atoms with Crippen molar-refractivity contribution < 1.29 is 32.2 Å². The van der Waals surface area contributed by atoms with Gasteiger partial charge in [-0.3, -0.25) is 14.5 Å². The van der Waals surface area contributed by atoms with Gasteiger partial charge >= 0.3 is 12.1 Å². The van der Waals surface area contributed by atoms with Crippen LogP contribution in [0.15, 0.2) is 60.2 Å². The minimum atomic E-state index is -4.82. The number of rotatable bonds is 6. The van der Waals surface area contributed by atoms with E-state index in [-0.39, 0.29) is 12.0 Å². The van der Waals surface area contributed by atoms with E-state index in [0.717, 1.165) is 30.9 Å². The lowest BCUT2D eigenvalue weighted by molar-refractivity contribution is -0.135. The molecule has 0 bridgehead atoms. The predicted molar refractivity (Wildman–Crippen MR) is 137 cm³/mol. The fourth-order valence-electron chi connectivity index (χ4n) is 6.02. The van der Waals surface area contributed by atoms with E-state index >= 15 is 0 Å². The van der Waals surface area contributed by atoms with Crippen LogP contribution in [0.5, 0.6) is 5.75 Å². The number of likely N-dealkylation sites (tertiary alicyclic amines) is 1. The third-order valence-electron chi connectivity index (χ3n) is 7.78. The molecule has 2 aromatic rings. The number of methoxy groups -OCH3 is 1. The molecular formula is C29H33F3N2O4. The Hall–Kier alpha value is -3.17. The molecule has 2 unspecified atom stereocenters. The molecule has 204 valence electrons. The van der Waals surface area contributed by atoms with Gasteiger partial charge in [0.1, 0.15) is 11.3 Å². The Kier molecular flexibility index (Phi) is 8.28. The maximum Gasteiger partial charge on any atom is 0.421 e. The number of hydrogen-bond acceptors (Lipinski definition) is 5. The van der Waals surface area contributed by atoms with E-state index in [1.165, 1.54) is 19.1 Å². The summed E-state index contributed by atoms with van der Waals surface area (Å²) in [5.74, 6) is -1.16. The SMILES string of the molecule is COC1CCC[C@@]2(c3cccc(OC(C)=O)c3)C[C@@H](NC(=O)C(=Cc3ccccc3)C(F)(F)F)N(C)CC12. The summed E-state index contributed by atoms with van der Waals surface area (Å²) in [5.41, 5.74) is -0.517. The minimum Gasteiger partial charge on any atom is -0.427 e. The van der Waals surface area contributed by atoms with E-state index in [0.29, 0.717) is 24.3 Å². The number of esters is 1. The van der Waals surface area contributed by atoms with Crippen molar-refractivity contribution >= 4 is 18.0 Å². The van der Waals surface area contributed by atoms with Crippen LogP contribution < -0.4 is 10.1 Å². The smallest absolute Gasteiger partial charge is 0.421 e. The van der Waals surface area contributed by atoms with Crippen molar-refractivity contribution in [2.75, 3.05) is 20.7 Å². The molecule has 6 nitrogen and oxygen atoms in total. The van der Waals surface area contributed by atoms with Crippen molar-refractivity contribution in [3.05, 3.63) is 71.3 Å². The molecule has 1 saturated heterocycles. The summed E-state index contributed by atoms with van der Waals surface area (Å²) in [6.07, 6.45) is -1.75. The van der Waals surface area contributed by atoms with Crippen molar-refractivity contribution in [2.24, 2.45) is 5.92 Å². The molecule has 2 aliphatic rings. The first-order chi connectivity index (χ1) is 18.0. The van der Waals surface area contributed by atoms with Crippen LogP contribution in [-0.2, 0) is 19.7 Å². The van der Waals surface area contributed by atoms with E-state index in [4.69, 9.17) is 9.47 Å². The molecule has 1 amide bonds. The normalized spacial score (nSPS) is 26.4. The second kappa shape index (κ2) is 11.3. The first-order valence-electron chi connectivity index (χ1n) is 12.7. The molecule has 0 aromatic heterocycles. The molecule has 9 heteroatoms. The van der Waals surface area contributed by atoms with Crippen LogP contribution in [0.1, 0.15) is 43.7 Å². The van der Waals surface area contributed by atoms with E-state index in [1.54, 1.807) is 38.4 Å². The van der Waals surface area contributed by atoms with Gasteiger partial charge in [0.25, 0.3) is 5.91 Å². The maximum absolute atomic E-state index is 14.0. The summed E-state index contributed by atoms with van der Waals surface area (Å²) in [6.45, 7) is 1.85. The Morgan fingerprint density at radius 2 is 1.87 bits per heavy atom. The number of benzene rings is 2. The molecule has 4 rings (SSSR count). The molecule has 1 heterocycles. The second-order valence-electron chi connectivity index (χ2n) is 10.1. The molecule has 1 aliphatic carbocycles. The predicted octanol–water partition coefficient (Wildman–Crippen LogP) is 5.09. The number of carbonyl (C=O) groups is 2. The summed E-state index contributed by atoms with van der Waals surface area (Å²) in [7, 11) is 3.48. The van der Waals surface area contributed by atoms with Gasteiger partial charge in [-0.05, 0) is 62.1 Å². The minimum absolute atomic E-state index is 0.0360. The lowest BCUT2D eigenvalue weighted by atomic mass is 9.57. The quantitative estimate of drug-likeness (QED) is 0.320. The Morgan fingerprint density at radius 3 is 2.53 bits per heavy atom. The number of fused-ring (bicyclic) bond motifs is 1. The zero-order valence-electron chi connectivity index (χ0n) is 21.8. The fourth-order valence-corrected chi connectivity index (χ4v) is 6.02. The first kappa shape index (κ1) is 27.9. The van der Waals surface area contributed by atoms with Crippen LogP contribution >= 0.6 is 0 Å². The summed E-state index contributed by atoms with van der Waals surface area (Å²) >= 11 is 0. The summed E-state index contributed by atoms with van der Waals surface area (Å²) in [4.78, 5) is 26.6. The largest absolute Gasteiger partial charge is 0.427 e. The van der Waals surface area contributed by atoms with Crippen LogP contribution in [0.25, 0.3) is 6.08 Å². The lowest BCUT2D eigenvalue weighted by Crippen LogP contribution is -2.63. The topological polar surface area (TPSA) is 67.9 Å². The highest BCUT2D eigenvalue weighted by Crippen LogP contribution is 2.51. The van der Waals surface area contributed by atoms with Crippen molar-refractivity contribution in [3.8, 4) is 5.75 Å². The van der Waals surface area contributed by atoms with E-state index in [1.807, 2.05) is 23.1 Å². The Bertz CT molecular complexity index is 1180. The number of alkyl halides is 3. The summed E-state index contributed by atoms with van der Waals surface area (Å²) in [6, 6.07) is 15.3. The fraction of sp³-hybridized carbons (Fsp3) is 0.448. The van der Waals surface area contributed by atoms with Crippen LogP contribution in [-0.4, -0.2) is 55.9 Å². The van der Waals surface area contributed by atoms with Gasteiger partial charge in [0.15, 0.2) is 0 Å². The van der Waals surface area contributed by atoms with Gasteiger partial charge in [-0.1, -0.05) is 42.5 Å². The third kappa shape index (κ3) is 5.94. The number of ether oxygens (including phenoxy) is 2. The summed E-state index contributed by atoms with van der Waals surface area (Å²) < 4.78 is 53.1. The average molecular weight is 531 g/mol. The molecule has 0 spiro atoms. The monoisotopic (exact) mass is 530 g/mol. The second-order valence-corrected chi connectivity index (χ2v) is 10.1. The molecular weight excluding hydrogens is 497 g/mol. The Balaban J connectivity index is 1.68. The van der Waals surface area contributed by atoms with Crippen molar-refractivity contribution in [2.45, 2.75) is 56.5 Å². The average Bonchev–Trinajstić information content (AvgIpc) is 2.87. The molecule has 4 atom stereocenters. The number of nitrogens with zero attached hydrogens (tertiary/aromatic N) is 1. The maximum atomic E-state index is 14.0. The zero-order valence-corrected chi connectivity index (χ0v) is 21.8. The van der Waals surface area contributed by atoms with E-state index in [9.17, 15) is 22.8 Å². The van der Waals surface area contributed by atoms with Gasteiger partial charge in [0.2, 0.25) is 0 Å². The Labute approximate surface area is 220 Å². The van der Waals surface area contributed by atoms with E-state index in [2.05, 4.69) is 5.32 Å². The van der Waals surface area contributed by atoms with E-state index < -0.39 is 35.2 Å². The van der Waals surface area contributed by atoms with Gasteiger partial charge in [0, 0.05) is 31.9 Å². The number of carbonyl (C=O) groups excluding carboxylic acids is 2. The van der Waals surface area contributed by atoms with Gasteiger partial charge in [-0.2, -0.15) is 13.2 Å². The standard InChI is InChI=1S/C29H33F3N2O4/c1-19(35)38-22-12-7-11-21(16-22)28-14-8-13-25(37-3)24(28)18-34(2)26(17-28)33-27(36)23(29(30,31)32)15-20-9-5-4-6-10-20/h4-7,9-12,15-16,24-26H,8,13-14,17-18H2,1-3H3,(H,33,36)/t24?,25?,26-,28-/m0/s1. The zero-order chi connectivity index (χ0) is 27.5. The third-order valence-corrected chi connectivity index (χ3v) is 7.78. The highest BCUT2D eigenvalue weighted by atomic mass is 19.4. The van der Waals surface area contributed by atoms with Crippen LogP contribution in [0.3, 0.4) is 0 Å². The highest BCUT2D eigenvalue weighted by Gasteiger charge is 2.53. The van der Waals surface area contributed by atoms with Gasteiger partial charge in [-0.15, -0.1) is 0 Å². The molecule has 38 heavy (non-hydrogen) atoms. The number of piperidine rings is 1. The first-order valence-corrected chi connectivity index (χ1v) is 12.7. The number of hydrogen-bond donors (Lipinski definition) is 1. The number of halogens is 3. The Morgan fingerprint density at radius 1 is 1.13 bits per heavy atom. The van der Waals surface area contributed by atoms with Crippen LogP contribution in [0, 0.1) is 5.92 Å². The number of nitrogens with one attached hydrogen (secondary N) is 1. The van der Waals surface area contributed by atoms with Crippen LogP contribution in [0.2, 0.25) is 0 Å². The van der Waals surface area contributed by atoms with Crippen molar-refractivity contribution in [1.29, 1.82) is 0 Å². The molecule has 1 aliphatic heterocycles. The molecule has 2 aromatic carbocycles. The van der Waals surface area contributed by atoms with Crippen molar-refractivity contribution in [1.82, 2.24) is 10.2 Å².